The van der Waals surface area contributed by atoms with Gasteiger partial charge in [-0.3, -0.25) is 14.2 Å². The van der Waals surface area contributed by atoms with E-state index in [4.69, 9.17) is 4.74 Å². The third-order valence-electron chi connectivity index (χ3n) is 5.60. The Hall–Kier alpha value is -1.87. The Morgan fingerprint density at radius 1 is 1.34 bits per heavy atom. The zero-order valence-corrected chi connectivity index (χ0v) is 17.9. The summed E-state index contributed by atoms with van der Waals surface area (Å²) in [4.78, 5) is 29.8. The first kappa shape index (κ1) is 23.4. The van der Waals surface area contributed by atoms with Crippen LogP contribution in [0.5, 0.6) is 0 Å². The van der Waals surface area contributed by atoms with E-state index in [9.17, 15) is 9.59 Å². The molecule has 0 radical (unpaired) electrons. The maximum absolute atomic E-state index is 13.1. The molecular formula is C19H27Cl2N5O3. The molecule has 8 nitrogen and oxygen atoms in total. The first-order chi connectivity index (χ1) is 13.2. The van der Waals surface area contributed by atoms with Gasteiger partial charge < -0.3 is 19.9 Å². The smallest absolute Gasteiger partial charge is 0.251 e. The van der Waals surface area contributed by atoms with Crippen molar-refractivity contribution in [3.8, 4) is 0 Å². The Morgan fingerprint density at radius 3 is 2.97 bits per heavy atom. The van der Waals surface area contributed by atoms with Crippen LogP contribution in [0.4, 0.5) is 0 Å². The van der Waals surface area contributed by atoms with E-state index in [1.54, 1.807) is 30.3 Å². The molecule has 4 rings (SSSR count). The highest BCUT2D eigenvalue weighted by atomic mass is 35.5. The number of methoxy groups -OCH3 is 1. The Balaban J connectivity index is 0.00000150. The van der Waals surface area contributed by atoms with Gasteiger partial charge in [-0.1, -0.05) is 6.07 Å². The van der Waals surface area contributed by atoms with Crippen LogP contribution >= 0.6 is 24.8 Å². The van der Waals surface area contributed by atoms with Crippen LogP contribution in [0.15, 0.2) is 35.5 Å². The lowest BCUT2D eigenvalue weighted by Gasteiger charge is -2.42. The molecule has 0 aromatic carbocycles. The molecule has 1 amide bonds. The first-order valence-corrected chi connectivity index (χ1v) is 9.37. The molecule has 2 aliphatic rings. The van der Waals surface area contributed by atoms with Gasteiger partial charge in [-0.25, -0.2) is 4.98 Å². The number of ether oxygens (including phenoxy) is 1. The highest BCUT2D eigenvalue weighted by Gasteiger charge is 2.41. The van der Waals surface area contributed by atoms with Crippen LogP contribution in [0.25, 0.3) is 0 Å². The number of hydrogen-bond donors (Lipinski definition) is 2. The fourth-order valence-electron chi connectivity index (χ4n) is 4.30. The quantitative estimate of drug-likeness (QED) is 0.697. The van der Waals surface area contributed by atoms with Gasteiger partial charge in [0, 0.05) is 56.5 Å². The number of aromatic nitrogens is 3. The predicted octanol–water partition coefficient (Wildman–Crippen LogP) is 1.10. The third kappa shape index (κ3) is 4.66. The van der Waals surface area contributed by atoms with E-state index in [0.717, 1.165) is 30.9 Å². The molecule has 1 saturated heterocycles. The lowest BCUT2D eigenvalue weighted by atomic mass is 9.79. The molecule has 2 aromatic heterocycles. The maximum Gasteiger partial charge on any atom is 0.251 e. The Morgan fingerprint density at radius 2 is 2.17 bits per heavy atom. The van der Waals surface area contributed by atoms with E-state index in [0.29, 0.717) is 19.7 Å². The normalized spacial score (nSPS) is 22.0. The molecule has 3 atom stereocenters. The number of carbonyl (C=O) groups is 1. The summed E-state index contributed by atoms with van der Waals surface area (Å²) in [5, 5.41) is 6.43. The minimum absolute atomic E-state index is 0. The van der Waals surface area contributed by atoms with Crippen LogP contribution in [0, 0.1) is 5.92 Å². The average molecular weight is 444 g/mol. The van der Waals surface area contributed by atoms with Gasteiger partial charge in [0.15, 0.2) is 0 Å². The second kappa shape index (κ2) is 10.2. The highest BCUT2D eigenvalue weighted by Crippen LogP contribution is 2.38. The van der Waals surface area contributed by atoms with E-state index in [1.807, 2.05) is 10.6 Å². The highest BCUT2D eigenvalue weighted by molar-refractivity contribution is 5.85. The standard InChI is InChI=1S/C19H25N5O3.2ClH/c1-27-6-5-23-12-21-10-15(23)11-22-19(26)18-14-7-13(8-20-9-14)16-3-2-4-17(25)24(16)18;;/h2-4,10,12-14,18,20H,5-9,11H2,1H3,(H,22,26);2*1H/t13-,14+,18-;;/m1../s1. The molecule has 0 aliphatic carbocycles. The number of amides is 1. The van der Waals surface area contributed by atoms with E-state index in [1.165, 1.54) is 6.07 Å². The summed E-state index contributed by atoms with van der Waals surface area (Å²) in [5.41, 5.74) is 1.77. The second-order valence-corrected chi connectivity index (χ2v) is 7.24. The molecule has 4 heterocycles. The molecule has 2 bridgehead atoms. The van der Waals surface area contributed by atoms with Crippen molar-refractivity contribution in [1.29, 1.82) is 0 Å². The number of nitrogens with one attached hydrogen (secondary N) is 2. The number of fused-ring (bicyclic) bond motifs is 4. The fourth-order valence-corrected chi connectivity index (χ4v) is 4.30. The van der Waals surface area contributed by atoms with Crippen molar-refractivity contribution in [2.45, 2.75) is 31.5 Å². The topological polar surface area (TPSA) is 90.2 Å². The second-order valence-electron chi connectivity index (χ2n) is 7.24. The summed E-state index contributed by atoms with van der Waals surface area (Å²) >= 11 is 0. The van der Waals surface area contributed by atoms with E-state index < -0.39 is 6.04 Å². The first-order valence-electron chi connectivity index (χ1n) is 9.37. The molecule has 10 heteroatoms. The Kier molecular flexibility index (Phi) is 8.27. The number of hydrogen-bond acceptors (Lipinski definition) is 5. The van der Waals surface area contributed by atoms with Crippen LogP contribution in [0.3, 0.4) is 0 Å². The van der Waals surface area contributed by atoms with Crippen molar-refractivity contribution in [3.63, 3.8) is 0 Å². The summed E-state index contributed by atoms with van der Waals surface area (Å²) in [6.45, 7) is 3.24. The number of halogens is 2. The molecule has 1 fully saturated rings. The lowest BCUT2D eigenvalue weighted by Crippen LogP contribution is -2.52. The largest absolute Gasteiger partial charge is 0.383 e. The zero-order valence-electron chi connectivity index (χ0n) is 16.2. The number of imidazole rings is 1. The third-order valence-corrected chi connectivity index (χ3v) is 5.60. The van der Waals surface area contributed by atoms with E-state index in [2.05, 4.69) is 15.6 Å². The predicted molar refractivity (Wildman–Crippen MR) is 114 cm³/mol. The van der Waals surface area contributed by atoms with Crippen molar-refractivity contribution in [2.75, 3.05) is 26.8 Å². The maximum atomic E-state index is 13.1. The minimum atomic E-state index is -0.479. The summed E-state index contributed by atoms with van der Waals surface area (Å²) in [6.07, 6.45) is 4.41. The molecular weight excluding hydrogens is 417 g/mol. The van der Waals surface area contributed by atoms with Crippen molar-refractivity contribution in [2.24, 2.45) is 5.92 Å². The summed E-state index contributed by atoms with van der Waals surface area (Å²) in [6, 6.07) is 4.81. The van der Waals surface area contributed by atoms with Crippen molar-refractivity contribution in [1.82, 2.24) is 24.8 Å². The fraction of sp³-hybridized carbons (Fsp3) is 0.526. The number of pyridine rings is 1. The number of rotatable bonds is 6. The summed E-state index contributed by atoms with van der Waals surface area (Å²) in [7, 11) is 1.65. The average Bonchev–Trinajstić information content (AvgIpc) is 3.13. The molecule has 160 valence electrons. The minimum Gasteiger partial charge on any atom is -0.383 e. The van der Waals surface area contributed by atoms with E-state index >= 15 is 0 Å². The van der Waals surface area contributed by atoms with Gasteiger partial charge in [-0.05, 0) is 12.5 Å². The van der Waals surface area contributed by atoms with Crippen LogP contribution in [-0.4, -0.2) is 46.8 Å². The molecule has 0 unspecified atom stereocenters. The van der Waals surface area contributed by atoms with Gasteiger partial charge in [0.25, 0.3) is 5.56 Å². The van der Waals surface area contributed by atoms with Crippen molar-refractivity contribution >= 4 is 30.7 Å². The van der Waals surface area contributed by atoms with Gasteiger partial charge in [0.05, 0.1) is 25.2 Å². The van der Waals surface area contributed by atoms with Crippen molar-refractivity contribution < 1.29 is 9.53 Å². The van der Waals surface area contributed by atoms with Crippen molar-refractivity contribution in [3.05, 3.63) is 52.5 Å². The van der Waals surface area contributed by atoms with E-state index in [-0.39, 0.29) is 48.1 Å². The van der Waals surface area contributed by atoms with Gasteiger partial charge in [-0.2, -0.15) is 0 Å². The molecule has 2 aromatic rings. The van der Waals surface area contributed by atoms with Gasteiger partial charge in [-0.15, -0.1) is 24.8 Å². The van der Waals surface area contributed by atoms with Crippen LogP contribution in [-0.2, 0) is 22.6 Å². The van der Waals surface area contributed by atoms with Gasteiger partial charge in [0.1, 0.15) is 6.04 Å². The monoisotopic (exact) mass is 443 g/mol. The number of nitrogens with zero attached hydrogens (tertiary/aromatic N) is 3. The van der Waals surface area contributed by atoms with Crippen LogP contribution in [0.2, 0.25) is 0 Å². The lowest BCUT2D eigenvalue weighted by molar-refractivity contribution is -0.127. The van der Waals surface area contributed by atoms with Gasteiger partial charge >= 0.3 is 0 Å². The summed E-state index contributed by atoms with van der Waals surface area (Å²) < 4.78 is 8.77. The summed E-state index contributed by atoms with van der Waals surface area (Å²) in [5.74, 6) is 0.295. The zero-order chi connectivity index (χ0) is 18.8. The Bertz CT molecular complexity index is 885. The van der Waals surface area contributed by atoms with Crippen LogP contribution < -0.4 is 16.2 Å². The van der Waals surface area contributed by atoms with Gasteiger partial charge in [0.2, 0.25) is 5.91 Å². The molecule has 0 spiro atoms. The molecule has 2 aliphatic heterocycles. The Labute approximate surface area is 181 Å². The molecule has 2 N–H and O–H groups in total. The number of carbonyl (C=O) groups excluding carboxylic acids is 1. The number of piperidine rings is 1. The van der Waals surface area contributed by atoms with Crippen LogP contribution in [0.1, 0.15) is 29.8 Å². The molecule has 0 saturated carbocycles. The SMILES string of the molecule is COCCn1cncc1CNC(=O)[C@H]1[C@@H]2CNC[C@@H](C2)c2cccc(=O)n21.Cl.Cl. The molecule has 29 heavy (non-hydrogen) atoms.